The second kappa shape index (κ2) is 4.93. The van der Waals surface area contributed by atoms with Crippen LogP contribution in [-0.4, -0.2) is 27.2 Å². The summed E-state index contributed by atoms with van der Waals surface area (Å²) in [5.74, 6) is -1.59. The Labute approximate surface area is 109 Å². The molecule has 2 aromatic rings. The molecule has 1 aromatic carbocycles. The van der Waals surface area contributed by atoms with Crippen molar-refractivity contribution in [2.75, 3.05) is 0 Å². The molecule has 19 heavy (non-hydrogen) atoms. The highest BCUT2D eigenvalue weighted by Gasteiger charge is 2.17. The number of benzene rings is 1. The number of rotatable bonds is 4. The molecule has 0 unspecified atom stereocenters. The van der Waals surface area contributed by atoms with Crippen LogP contribution in [0.25, 0.3) is 0 Å². The third kappa shape index (κ3) is 2.62. The molecule has 1 amide bonds. The molecule has 0 spiro atoms. The Kier molecular flexibility index (Phi) is 3.33. The average molecular weight is 259 g/mol. The van der Waals surface area contributed by atoms with Gasteiger partial charge in [0.1, 0.15) is 0 Å². The Balaban J connectivity index is 2.36. The molecule has 0 radical (unpaired) electrons. The smallest absolute Gasteiger partial charge is 0.356 e. The van der Waals surface area contributed by atoms with Crippen molar-refractivity contribution in [3.63, 3.8) is 0 Å². The number of nitrogens with zero attached hydrogens (tertiary/aromatic N) is 1. The first-order chi connectivity index (χ1) is 8.99. The van der Waals surface area contributed by atoms with Crippen LogP contribution in [0, 0.1) is 6.92 Å². The minimum Gasteiger partial charge on any atom is -0.476 e. The predicted molar refractivity (Wildman–Crippen MR) is 68.0 cm³/mol. The van der Waals surface area contributed by atoms with E-state index in [1.807, 2.05) is 6.07 Å². The van der Waals surface area contributed by atoms with Gasteiger partial charge in [-0.25, -0.2) is 4.79 Å². The molecule has 4 N–H and O–H groups in total. The molecule has 0 aliphatic carbocycles. The lowest BCUT2D eigenvalue weighted by molar-refractivity contribution is 0.0689. The zero-order valence-electron chi connectivity index (χ0n) is 10.3. The largest absolute Gasteiger partial charge is 0.476 e. The van der Waals surface area contributed by atoms with Crippen molar-refractivity contribution in [1.82, 2.24) is 10.2 Å². The standard InChI is InChI=1S/C13H13N3O3/c1-7-10(11(13(18)19)16-15-7)6-8-3-2-4-9(5-8)12(14)17/h2-5H,6H2,1H3,(H2,14,17)(H,15,16)(H,18,19). The quantitative estimate of drug-likeness (QED) is 0.763. The summed E-state index contributed by atoms with van der Waals surface area (Å²) < 4.78 is 0. The van der Waals surface area contributed by atoms with E-state index in [0.29, 0.717) is 23.2 Å². The lowest BCUT2D eigenvalue weighted by Crippen LogP contribution is -2.11. The van der Waals surface area contributed by atoms with E-state index < -0.39 is 11.9 Å². The first-order valence-electron chi connectivity index (χ1n) is 5.65. The fourth-order valence-corrected chi connectivity index (χ4v) is 1.88. The molecule has 0 bridgehead atoms. The van der Waals surface area contributed by atoms with Crippen molar-refractivity contribution >= 4 is 11.9 Å². The van der Waals surface area contributed by atoms with Gasteiger partial charge in [0.05, 0.1) is 0 Å². The van der Waals surface area contributed by atoms with Crippen LogP contribution >= 0.6 is 0 Å². The van der Waals surface area contributed by atoms with E-state index in [0.717, 1.165) is 5.56 Å². The molecule has 1 heterocycles. The van der Waals surface area contributed by atoms with Crippen LogP contribution in [-0.2, 0) is 6.42 Å². The topological polar surface area (TPSA) is 109 Å². The number of primary amides is 1. The number of aryl methyl sites for hydroxylation is 1. The Hall–Kier alpha value is -2.63. The second-order valence-electron chi connectivity index (χ2n) is 4.22. The number of aromatic carboxylic acids is 1. The summed E-state index contributed by atoms with van der Waals surface area (Å²) in [4.78, 5) is 22.2. The van der Waals surface area contributed by atoms with Crippen LogP contribution in [0.1, 0.15) is 37.7 Å². The average Bonchev–Trinajstić information content (AvgIpc) is 2.71. The third-order valence-corrected chi connectivity index (χ3v) is 2.87. The number of nitrogens with two attached hydrogens (primary N) is 1. The fraction of sp³-hybridized carbons (Fsp3) is 0.154. The van der Waals surface area contributed by atoms with Gasteiger partial charge in [-0.05, 0) is 24.6 Å². The Morgan fingerprint density at radius 3 is 2.79 bits per heavy atom. The molecule has 0 aliphatic heterocycles. The van der Waals surface area contributed by atoms with E-state index in [4.69, 9.17) is 10.8 Å². The highest BCUT2D eigenvalue weighted by atomic mass is 16.4. The number of carbonyl (C=O) groups excluding carboxylic acids is 1. The first-order valence-corrected chi connectivity index (χ1v) is 5.65. The van der Waals surface area contributed by atoms with E-state index in [1.165, 1.54) is 0 Å². The number of hydrogen-bond donors (Lipinski definition) is 3. The molecule has 0 saturated carbocycles. The van der Waals surface area contributed by atoms with Crippen LogP contribution in [0.3, 0.4) is 0 Å². The number of aromatic nitrogens is 2. The molecule has 1 aromatic heterocycles. The molecule has 98 valence electrons. The molecule has 0 saturated heterocycles. The van der Waals surface area contributed by atoms with Crippen LogP contribution in [0.5, 0.6) is 0 Å². The van der Waals surface area contributed by atoms with Gasteiger partial charge in [0.2, 0.25) is 5.91 Å². The lowest BCUT2D eigenvalue weighted by atomic mass is 10.0. The maximum atomic E-state index is 11.1. The van der Waals surface area contributed by atoms with E-state index in [1.54, 1.807) is 25.1 Å². The summed E-state index contributed by atoms with van der Waals surface area (Å²) in [6.45, 7) is 1.76. The van der Waals surface area contributed by atoms with Crippen molar-refractivity contribution in [2.45, 2.75) is 13.3 Å². The second-order valence-corrected chi connectivity index (χ2v) is 4.22. The van der Waals surface area contributed by atoms with Crippen LogP contribution in [0.4, 0.5) is 0 Å². The molecule has 0 aliphatic rings. The van der Waals surface area contributed by atoms with E-state index in [-0.39, 0.29) is 5.69 Å². The zero-order chi connectivity index (χ0) is 14.0. The van der Waals surface area contributed by atoms with Crippen LogP contribution in [0.2, 0.25) is 0 Å². The van der Waals surface area contributed by atoms with Gasteiger partial charge >= 0.3 is 5.97 Å². The van der Waals surface area contributed by atoms with Crippen LogP contribution < -0.4 is 5.73 Å². The summed E-state index contributed by atoms with van der Waals surface area (Å²) in [5.41, 5.74) is 7.72. The summed E-state index contributed by atoms with van der Waals surface area (Å²) in [6, 6.07) is 6.79. The summed E-state index contributed by atoms with van der Waals surface area (Å²) in [6.07, 6.45) is 0.380. The van der Waals surface area contributed by atoms with Gasteiger partial charge in [-0.3, -0.25) is 9.89 Å². The minimum atomic E-state index is -1.08. The maximum absolute atomic E-state index is 11.1. The van der Waals surface area contributed by atoms with E-state index in [2.05, 4.69) is 10.2 Å². The van der Waals surface area contributed by atoms with Crippen LogP contribution in [0.15, 0.2) is 24.3 Å². The Bertz CT molecular complexity index is 646. The predicted octanol–water partition coefficient (Wildman–Crippen LogP) is 1.11. The normalized spacial score (nSPS) is 10.4. The van der Waals surface area contributed by atoms with Gasteiger partial charge in [0.15, 0.2) is 5.69 Å². The number of hydrogen-bond acceptors (Lipinski definition) is 3. The van der Waals surface area contributed by atoms with Crippen molar-refractivity contribution in [1.29, 1.82) is 0 Å². The molecular formula is C13H13N3O3. The molecule has 6 nitrogen and oxygen atoms in total. The maximum Gasteiger partial charge on any atom is 0.356 e. The minimum absolute atomic E-state index is 0.00183. The number of carboxylic acids is 1. The van der Waals surface area contributed by atoms with E-state index in [9.17, 15) is 9.59 Å². The Morgan fingerprint density at radius 1 is 1.42 bits per heavy atom. The third-order valence-electron chi connectivity index (χ3n) is 2.87. The molecule has 6 heteroatoms. The zero-order valence-corrected chi connectivity index (χ0v) is 10.3. The lowest BCUT2D eigenvalue weighted by Gasteiger charge is -2.04. The highest BCUT2D eigenvalue weighted by molar-refractivity contribution is 5.93. The molecular weight excluding hydrogens is 246 g/mol. The van der Waals surface area contributed by atoms with Crippen molar-refractivity contribution in [3.8, 4) is 0 Å². The number of carboxylic acid groups (broad SMARTS) is 1. The Morgan fingerprint density at radius 2 is 2.16 bits per heavy atom. The summed E-state index contributed by atoms with van der Waals surface area (Å²) in [5, 5.41) is 15.4. The molecule has 2 rings (SSSR count). The van der Waals surface area contributed by atoms with Gasteiger partial charge in [-0.2, -0.15) is 5.10 Å². The molecule has 0 atom stereocenters. The van der Waals surface area contributed by atoms with Gasteiger partial charge < -0.3 is 10.8 Å². The summed E-state index contributed by atoms with van der Waals surface area (Å²) in [7, 11) is 0. The highest BCUT2D eigenvalue weighted by Crippen LogP contribution is 2.17. The van der Waals surface area contributed by atoms with Gasteiger partial charge in [-0.15, -0.1) is 0 Å². The summed E-state index contributed by atoms with van der Waals surface area (Å²) >= 11 is 0. The monoisotopic (exact) mass is 259 g/mol. The van der Waals surface area contributed by atoms with Gasteiger partial charge in [0.25, 0.3) is 0 Å². The number of carbonyl (C=O) groups is 2. The van der Waals surface area contributed by atoms with Crippen molar-refractivity contribution in [3.05, 3.63) is 52.3 Å². The number of aromatic amines is 1. The number of amides is 1. The number of H-pyrrole nitrogens is 1. The van der Waals surface area contributed by atoms with Gasteiger partial charge in [0, 0.05) is 23.2 Å². The number of nitrogens with one attached hydrogen (secondary N) is 1. The fourth-order valence-electron chi connectivity index (χ4n) is 1.88. The SMILES string of the molecule is Cc1[nH]nc(C(=O)O)c1Cc1cccc(C(N)=O)c1. The van der Waals surface area contributed by atoms with Crippen molar-refractivity contribution in [2.24, 2.45) is 5.73 Å². The van der Waals surface area contributed by atoms with Gasteiger partial charge in [-0.1, -0.05) is 12.1 Å². The van der Waals surface area contributed by atoms with Crippen molar-refractivity contribution < 1.29 is 14.7 Å². The molecule has 0 fully saturated rings. The first kappa shape index (κ1) is 12.8. The van der Waals surface area contributed by atoms with E-state index >= 15 is 0 Å².